The van der Waals surface area contributed by atoms with Crippen molar-refractivity contribution >= 4 is 5.91 Å². The number of hydrogen-bond donors (Lipinski definition) is 2. The van der Waals surface area contributed by atoms with Crippen molar-refractivity contribution < 1.29 is 22.7 Å². The Labute approximate surface area is 100 Å². The van der Waals surface area contributed by atoms with Crippen LogP contribution < -0.4 is 15.8 Å². The van der Waals surface area contributed by atoms with Crippen LogP contribution in [0.1, 0.15) is 16.1 Å². The fourth-order valence-electron chi connectivity index (χ4n) is 1.38. The average molecular weight is 261 g/mol. The molecule has 0 spiro atoms. The number of nitrogens with one attached hydrogen (secondary N) is 1. The summed E-state index contributed by atoms with van der Waals surface area (Å²) in [6.45, 7) is 0.992. The molecule has 0 radical (unpaired) electrons. The second-order valence-corrected chi connectivity index (χ2v) is 3.81. The van der Waals surface area contributed by atoms with Gasteiger partial charge in [0.25, 0.3) is 5.91 Å². The van der Waals surface area contributed by atoms with E-state index in [0.717, 1.165) is 6.07 Å². The lowest BCUT2D eigenvalue weighted by Gasteiger charge is -2.28. The number of nitrogens with two attached hydrogens (primary N) is 1. The number of halogens is 3. The molecule has 1 aliphatic rings. The number of amides is 1. The first-order chi connectivity index (χ1) is 8.38. The normalized spacial score (nSPS) is 16.2. The lowest BCUT2D eigenvalue weighted by atomic mass is 10.2. The molecule has 18 heavy (non-hydrogen) atoms. The molecular formula is C10H10F3N3O2. The number of primary amides is 1. The molecule has 3 N–H and O–H groups in total. The summed E-state index contributed by atoms with van der Waals surface area (Å²) in [5.74, 6) is -1.25. The summed E-state index contributed by atoms with van der Waals surface area (Å²) in [7, 11) is 0. The summed E-state index contributed by atoms with van der Waals surface area (Å²) in [6, 6.07) is 1.67. The van der Waals surface area contributed by atoms with Crippen molar-refractivity contribution in [1.29, 1.82) is 0 Å². The van der Waals surface area contributed by atoms with Crippen molar-refractivity contribution in [2.75, 3.05) is 13.1 Å². The summed E-state index contributed by atoms with van der Waals surface area (Å²) in [5.41, 5.74) is 3.78. The molecule has 0 aromatic carbocycles. The maximum Gasteiger partial charge on any atom is 0.433 e. The predicted octanol–water partition coefficient (Wildman–Crippen LogP) is 0.550. The van der Waals surface area contributed by atoms with Crippen molar-refractivity contribution in [1.82, 2.24) is 10.3 Å². The van der Waals surface area contributed by atoms with E-state index >= 15 is 0 Å². The highest BCUT2D eigenvalue weighted by atomic mass is 19.4. The van der Waals surface area contributed by atoms with Gasteiger partial charge in [0, 0.05) is 13.1 Å². The van der Waals surface area contributed by atoms with Crippen molar-refractivity contribution in [3.63, 3.8) is 0 Å². The first-order valence-corrected chi connectivity index (χ1v) is 5.13. The largest absolute Gasteiger partial charge is 0.471 e. The summed E-state index contributed by atoms with van der Waals surface area (Å²) in [5, 5.41) is 2.88. The number of ether oxygens (including phenoxy) is 1. The van der Waals surface area contributed by atoms with Crippen LogP contribution in [0, 0.1) is 0 Å². The molecule has 1 aromatic rings. The molecule has 0 atom stereocenters. The van der Waals surface area contributed by atoms with Gasteiger partial charge in [0.05, 0.1) is 0 Å². The Morgan fingerprint density at radius 1 is 1.44 bits per heavy atom. The minimum absolute atomic E-state index is 0.158. The van der Waals surface area contributed by atoms with E-state index < -0.39 is 17.8 Å². The molecule has 0 unspecified atom stereocenters. The van der Waals surface area contributed by atoms with Gasteiger partial charge in [-0.1, -0.05) is 0 Å². The third-order valence-electron chi connectivity index (χ3n) is 2.44. The molecule has 0 aliphatic carbocycles. The zero-order valence-corrected chi connectivity index (χ0v) is 9.12. The van der Waals surface area contributed by atoms with E-state index in [-0.39, 0.29) is 17.5 Å². The molecule has 8 heteroatoms. The molecule has 2 rings (SSSR count). The van der Waals surface area contributed by atoms with Gasteiger partial charge in [0.2, 0.25) is 5.88 Å². The Morgan fingerprint density at radius 3 is 2.56 bits per heavy atom. The fourth-order valence-corrected chi connectivity index (χ4v) is 1.38. The van der Waals surface area contributed by atoms with Crippen LogP contribution in [0.25, 0.3) is 0 Å². The second kappa shape index (κ2) is 4.45. The van der Waals surface area contributed by atoms with Gasteiger partial charge < -0.3 is 15.8 Å². The first-order valence-electron chi connectivity index (χ1n) is 5.13. The third kappa shape index (κ3) is 2.53. The molecule has 1 aliphatic heterocycles. The summed E-state index contributed by atoms with van der Waals surface area (Å²) in [6.07, 6.45) is -4.88. The molecule has 5 nitrogen and oxygen atoms in total. The van der Waals surface area contributed by atoms with Crippen molar-refractivity contribution in [3.8, 4) is 5.88 Å². The van der Waals surface area contributed by atoms with Crippen LogP contribution in [-0.4, -0.2) is 30.1 Å². The molecule has 98 valence electrons. The SMILES string of the molecule is NC(=O)c1ccc(C(F)(F)F)nc1OC1CNC1. The molecule has 1 amide bonds. The van der Waals surface area contributed by atoms with Crippen molar-refractivity contribution in [2.45, 2.75) is 12.3 Å². The minimum Gasteiger partial charge on any atom is -0.471 e. The summed E-state index contributed by atoms with van der Waals surface area (Å²) < 4.78 is 42.7. The number of alkyl halides is 3. The fraction of sp³-hybridized carbons (Fsp3) is 0.400. The van der Waals surface area contributed by atoms with Crippen LogP contribution in [-0.2, 0) is 6.18 Å². The number of hydrogen-bond acceptors (Lipinski definition) is 4. The van der Waals surface area contributed by atoms with Gasteiger partial charge in [0.15, 0.2) is 0 Å². The van der Waals surface area contributed by atoms with E-state index in [1.807, 2.05) is 0 Å². The molecule has 2 heterocycles. The van der Waals surface area contributed by atoms with E-state index in [2.05, 4.69) is 10.3 Å². The first kappa shape index (κ1) is 12.6. The molecular weight excluding hydrogens is 251 g/mol. The highest BCUT2D eigenvalue weighted by Crippen LogP contribution is 2.30. The lowest BCUT2D eigenvalue weighted by molar-refractivity contribution is -0.141. The predicted molar refractivity (Wildman–Crippen MR) is 55.0 cm³/mol. The van der Waals surface area contributed by atoms with Crippen LogP contribution in [0.15, 0.2) is 12.1 Å². The zero-order valence-electron chi connectivity index (χ0n) is 9.12. The van der Waals surface area contributed by atoms with Gasteiger partial charge in [-0.05, 0) is 12.1 Å². The van der Waals surface area contributed by atoms with Gasteiger partial charge in [-0.25, -0.2) is 4.98 Å². The number of carbonyl (C=O) groups is 1. The molecule has 1 fully saturated rings. The molecule has 0 bridgehead atoms. The third-order valence-corrected chi connectivity index (χ3v) is 2.44. The Hall–Kier alpha value is -1.83. The standard InChI is InChI=1S/C10H10F3N3O2/c11-10(12,13)7-2-1-6(8(14)17)9(16-7)18-5-3-15-4-5/h1-2,5,15H,3-4H2,(H2,14,17). The van der Waals surface area contributed by atoms with E-state index in [1.165, 1.54) is 0 Å². The number of nitrogens with zero attached hydrogens (tertiary/aromatic N) is 1. The van der Waals surface area contributed by atoms with Crippen LogP contribution in [0.3, 0.4) is 0 Å². The zero-order chi connectivity index (χ0) is 13.3. The van der Waals surface area contributed by atoms with Crippen LogP contribution >= 0.6 is 0 Å². The second-order valence-electron chi connectivity index (χ2n) is 3.81. The van der Waals surface area contributed by atoms with E-state index in [0.29, 0.717) is 19.2 Å². The monoisotopic (exact) mass is 261 g/mol. The van der Waals surface area contributed by atoms with Crippen LogP contribution in [0.2, 0.25) is 0 Å². The lowest BCUT2D eigenvalue weighted by Crippen LogP contribution is -2.50. The van der Waals surface area contributed by atoms with Crippen LogP contribution in [0.5, 0.6) is 5.88 Å². The summed E-state index contributed by atoms with van der Waals surface area (Å²) >= 11 is 0. The van der Waals surface area contributed by atoms with E-state index in [4.69, 9.17) is 10.5 Å². The molecule has 0 saturated carbocycles. The van der Waals surface area contributed by atoms with Crippen LogP contribution in [0.4, 0.5) is 13.2 Å². The minimum atomic E-state index is -4.59. The Balaban J connectivity index is 2.34. The van der Waals surface area contributed by atoms with Crippen molar-refractivity contribution in [2.24, 2.45) is 5.73 Å². The average Bonchev–Trinajstić information content (AvgIpc) is 2.21. The summed E-state index contributed by atoms with van der Waals surface area (Å²) in [4.78, 5) is 14.4. The highest BCUT2D eigenvalue weighted by Gasteiger charge is 2.34. The Kier molecular flexibility index (Phi) is 3.12. The maximum atomic E-state index is 12.5. The maximum absolute atomic E-state index is 12.5. The number of carbonyl (C=O) groups excluding carboxylic acids is 1. The molecule has 1 saturated heterocycles. The van der Waals surface area contributed by atoms with E-state index in [1.54, 1.807) is 0 Å². The number of aromatic nitrogens is 1. The van der Waals surface area contributed by atoms with Gasteiger partial charge in [-0.2, -0.15) is 13.2 Å². The highest BCUT2D eigenvalue weighted by molar-refractivity contribution is 5.95. The number of rotatable bonds is 3. The van der Waals surface area contributed by atoms with Gasteiger partial charge in [-0.15, -0.1) is 0 Å². The molecule has 1 aromatic heterocycles. The smallest absolute Gasteiger partial charge is 0.433 e. The topological polar surface area (TPSA) is 77.2 Å². The Morgan fingerprint density at radius 2 is 2.11 bits per heavy atom. The van der Waals surface area contributed by atoms with Gasteiger partial charge in [0.1, 0.15) is 17.4 Å². The quantitative estimate of drug-likeness (QED) is 0.833. The van der Waals surface area contributed by atoms with Gasteiger partial charge >= 0.3 is 6.18 Å². The van der Waals surface area contributed by atoms with Gasteiger partial charge in [-0.3, -0.25) is 4.79 Å². The Bertz CT molecular complexity index is 472. The van der Waals surface area contributed by atoms with Crippen molar-refractivity contribution in [3.05, 3.63) is 23.4 Å². The van der Waals surface area contributed by atoms with E-state index in [9.17, 15) is 18.0 Å². The number of pyridine rings is 1.